The van der Waals surface area contributed by atoms with Gasteiger partial charge in [-0.1, -0.05) is 30.3 Å². The van der Waals surface area contributed by atoms with E-state index in [0.29, 0.717) is 6.04 Å². The smallest absolute Gasteiger partial charge is 0.183 e. The lowest BCUT2D eigenvalue weighted by Crippen LogP contribution is -2.15. The summed E-state index contributed by atoms with van der Waals surface area (Å²) in [6, 6.07) is 11.1. The topological polar surface area (TPSA) is 24.9 Å². The number of aryl methyl sites for hydroxylation is 2. The van der Waals surface area contributed by atoms with Gasteiger partial charge in [0.2, 0.25) is 0 Å². The largest absolute Gasteiger partial charge is 0.359 e. The Morgan fingerprint density at radius 2 is 2.06 bits per heavy atom. The quantitative estimate of drug-likeness (QED) is 0.866. The summed E-state index contributed by atoms with van der Waals surface area (Å²) in [6.07, 6.45) is 2.24. The van der Waals surface area contributed by atoms with Crippen LogP contribution in [0.2, 0.25) is 0 Å². The molecule has 1 unspecified atom stereocenters. The van der Waals surface area contributed by atoms with E-state index in [0.717, 1.165) is 23.7 Å². The maximum Gasteiger partial charge on any atom is 0.183 e. The van der Waals surface area contributed by atoms with Crippen molar-refractivity contribution in [3.8, 4) is 0 Å². The van der Waals surface area contributed by atoms with Crippen LogP contribution in [-0.2, 0) is 6.42 Å². The maximum atomic E-state index is 4.41. The fraction of sp³-hybridized carbons (Fsp3) is 0.357. The van der Waals surface area contributed by atoms with Crippen molar-refractivity contribution in [1.82, 2.24) is 4.98 Å². The van der Waals surface area contributed by atoms with Crippen LogP contribution in [0.1, 0.15) is 24.6 Å². The molecule has 1 aromatic carbocycles. The van der Waals surface area contributed by atoms with Crippen molar-refractivity contribution >= 4 is 16.5 Å². The molecule has 0 aliphatic heterocycles. The van der Waals surface area contributed by atoms with Gasteiger partial charge >= 0.3 is 0 Å². The third-order valence-electron chi connectivity index (χ3n) is 2.70. The number of rotatable bonds is 5. The standard InChI is InChI=1S/C14H18N2S/c1-11(15-14-16-12(2)10-17-14)8-9-13-6-4-3-5-7-13/h3-7,10-11H,8-9H2,1-2H3,(H,15,16). The van der Waals surface area contributed by atoms with Crippen LogP contribution >= 0.6 is 11.3 Å². The first kappa shape index (κ1) is 12.1. The maximum absolute atomic E-state index is 4.41. The number of anilines is 1. The van der Waals surface area contributed by atoms with Gasteiger partial charge in [-0.25, -0.2) is 4.98 Å². The lowest BCUT2D eigenvalue weighted by atomic mass is 10.1. The van der Waals surface area contributed by atoms with Crippen molar-refractivity contribution in [2.24, 2.45) is 0 Å². The van der Waals surface area contributed by atoms with E-state index in [1.165, 1.54) is 5.56 Å². The Bertz CT molecular complexity index is 450. The van der Waals surface area contributed by atoms with Crippen molar-refractivity contribution < 1.29 is 0 Å². The van der Waals surface area contributed by atoms with E-state index >= 15 is 0 Å². The second kappa shape index (κ2) is 5.82. The van der Waals surface area contributed by atoms with Gasteiger partial charge in [-0.05, 0) is 32.3 Å². The molecule has 0 radical (unpaired) electrons. The highest BCUT2D eigenvalue weighted by atomic mass is 32.1. The molecule has 0 bridgehead atoms. The Balaban J connectivity index is 1.80. The third-order valence-corrected chi connectivity index (χ3v) is 3.59. The normalized spacial score (nSPS) is 12.4. The molecule has 0 aliphatic carbocycles. The molecule has 0 amide bonds. The number of aromatic nitrogens is 1. The first-order valence-corrected chi connectivity index (χ1v) is 6.84. The minimum Gasteiger partial charge on any atom is -0.359 e. The van der Waals surface area contributed by atoms with E-state index < -0.39 is 0 Å². The molecule has 0 saturated heterocycles. The molecule has 2 nitrogen and oxygen atoms in total. The number of nitrogens with zero attached hydrogens (tertiary/aromatic N) is 1. The Hall–Kier alpha value is -1.35. The molecule has 90 valence electrons. The number of thiazole rings is 1. The van der Waals surface area contributed by atoms with E-state index in [1.807, 2.05) is 6.92 Å². The van der Waals surface area contributed by atoms with Gasteiger partial charge in [0, 0.05) is 11.4 Å². The zero-order valence-electron chi connectivity index (χ0n) is 10.3. The number of hydrogen-bond acceptors (Lipinski definition) is 3. The van der Waals surface area contributed by atoms with E-state index in [-0.39, 0.29) is 0 Å². The number of nitrogens with one attached hydrogen (secondary N) is 1. The molecule has 0 aliphatic rings. The highest BCUT2D eigenvalue weighted by molar-refractivity contribution is 7.13. The SMILES string of the molecule is Cc1csc(NC(C)CCc2ccccc2)n1. The summed E-state index contributed by atoms with van der Waals surface area (Å²) in [5.41, 5.74) is 2.49. The summed E-state index contributed by atoms with van der Waals surface area (Å²) in [6.45, 7) is 4.23. The molecule has 0 fully saturated rings. The molecule has 2 aromatic rings. The Labute approximate surface area is 107 Å². The molecule has 1 aromatic heterocycles. The monoisotopic (exact) mass is 246 g/mol. The van der Waals surface area contributed by atoms with Crippen LogP contribution in [0.15, 0.2) is 35.7 Å². The molecule has 3 heteroatoms. The van der Waals surface area contributed by atoms with Gasteiger partial charge in [0.1, 0.15) is 0 Å². The van der Waals surface area contributed by atoms with Gasteiger partial charge in [0.25, 0.3) is 0 Å². The molecule has 17 heavy (non-hydrogen) atoms. The van der Waals surface area contributed by atoms with E-state index in [1.54, 1.807) is 11.3 Å². The molecule has 2 rings (SSSR count). The van der Waals surface area contributed by atoms with Gasteiger partial charge in [0.05, 0.1) is 5.69 Å². The fourth-order valence-electron chi connectivity index (χ4n) is 1.73. The second-order valence-electron chi connectivity index (χ2n) is 4.36. The van der Waals surface area contributed by atoms with E-state index in [2.05, 4.69) is 52.9 Å². The summed E-state index contributed by atoms with van der Waals surface area (Å²) in [4.78, 5) is 4.41. The van der Waals surface area contributed by atoms with Crippen LogP contribution in [-0.4, -0.2) is 11.0 Å². The van der Waals surface area contributed by atoms with Crippen molar-refractivity contribution in [3.05, 3.63) is 47.0 Å². The van der Waals surface area contributed by atoms with Crippen molar-refractivity contribution in [2.75, 3.05) is 5.32 Å². The number of benzene rings is 1. The average Bonchev–Trinajstić information content (AvgIpc) is 2.73. The zero-order chi connectivity index (χ0) is 12.1. The van der Waals surface area contributed by atoms with Crippen LogP contribution < -0.4 is 5.32 Å². The Kier molecular flexibility index (Phi) is 4.15. The molecule has 1 heterocycles. The summed E-state index contributed by atoms with van der Waals surface area (Å²) in [7, 11) is 0. The van der Waals surface area contributed by atoms with Crippen molar-refractivity contribution in [2.45, 2.75) is 32.7 Å². The first-order valence-electron chi connectivity index (χ1n) is 5.96. The predicted molar refractivity (Wildman–Crippen MR) is 74.7 cm³/mol. The highest BCUT2D eigenvalue weighted by Crippen LogP contribution is 2.16. The number of hydrogen-bond donors (Lipinski definition) is 1. The van der Waals surface area contributed by atoms with Crippen LogP contribution in [0, 0.1) is 6.92 Å². The van der Waals surface area contributed by atoms with Crippen molar-refractivity contribution in [3.63, 3.8) is 0 Å². The van der Waals surface area contributed by atoms with Crippen LogP contribution in [0.25, 0.3) is 0 Å². The summed E-state index contributed by atoms with van der Waals surface area (Å²) in [5.74, 6) is 0. The lowest BCUT2D eigenvalue weighted by molar-refractivity contribution is 0.705. The molecule has 1 N–H and O–H groups in total. The average molecular weight is 246 g/mol. The van der Waals surface area contributed by atoms with Gasteiger partial charge < -0.3 is 5.32 Å². The predicted octanol–water partition coefficient (Wildman–Crippen LogP) is 3.88. The summed E-state index contributed by atoms with van der Waals surface area (Å²) in [5, 5.41) is 6.55. The molecule has 1 atom stereocenters. The van der Waals surface area contributed by atoms with Gasteiger partial charge in [-0.3, -0.25) is 0 Å². The second-order valence-corrected chi connectivity index (χ2v) is 5.22. The third kappa shape index (κ3) is 3.86. The van der Waals surface area contributed by atoms with Crippen LogP contribution in [0.3, 0.4) is 0 Å². The van der Waals surface area contributed by atoms with Gasteiger partial charge in [-0.2, -0.15) is 0 Å². The van der Waals surface area contributed by atoms with Gasteiger partial charge in [0.15, 0.2) is 5.13 Å². The van der Waals surface area contributed by atoms with Crippen molar-refractivity contribution in [1.29, 1.82) is 0 Å². The van der Waals surface area contributed by atoms with Gasteiger partial charge in [-0.15, -0.1) is 11.3 Å². The zero-order valence-corrected chi connectivity index (χ0v) is 11.1. The molecule has 0 saturated carbocycles. The van der Waals surface area contributed by atoms with E-state index in [4.69, 9.17) is 0 Å². The molecular weight excluding hydrogens is 228 g/mol. The van der Waals surface area contributed by atoms with E-state index in [9.17, 15) is 0 Å². The molecule has 0 spiro atoms. The van der Waals surface area contributed by atoms with Crippen LogP contribution in [0.5, 0.6) is 0 Å². The Morgan fingerprint density at radius 3 is 2.71 bits per heavy atom. The minimum atomic E-state index is 0.459. The molecular formula is C14H18N2S. The Morgan fingerprint density at radius 1 is 1.29 bits per heavy atom. The fourth-order valence-corrected chi connectivity index (χ4v) is 2.53. The highest BCUT2D eigenvalue weighted by Gasteiger charge is 2.04. The first-order chi connectivity index (χ1) is 8.24. The lowest BCUT2D eigenvalue weighted by Gasteiger charge is -2.12. The summed E-state index contributed by atoms with van der Waals surface area (Å²) < 4.78 is 0. The minimum absolute atomic E-state index is 0.459. The van der Waals surface area contributed by atoms with Crippen LogP contribution in [0.4, 0.5) is 5.13 Å². The summed E-state index contributed by atoms with van der Waals surface area (Å²) >= 11 is 1.68.